The van der Waals surface area contributed by atoms with E-state index in [1.165, 1.54) is 4.88 Å². The zero-order valence-electron chi connectivity index (χ0n) is 9.32. The molecule has 0 aliphatic rings. The number of hydrogen-bond donors (Lipinski definition) is 2. The molecular formula is C11H14N4S. The van der Waals surface area contributed by atoms with Crippen molar-refractivity contribution in [2.45, 2.75) is 20.3 Å². The summed E-state index contributed by atoms with van der Waals surface area (Å²) < 4.78 is 0. The molecule has 0 saturated carbocycles. The number of nitrogens with two attached hydrogens (primary N) is 1. The summed E-state index contributed by atoms with van der Waals surface area (Å²) >= 11 is 1.66. The van der Waals surface area contributed by atoms with E-state index in [4.69, 9.17) is 5.73 Å². The van der Waals surface area contributed by atoms with E-state index < -0.39 is 0 Å². The van der Waals surface area contributed by atoms with Crippen LogP contribution in [0.5, 0.6) is 0 Å². The molecule has 0 radical (unpaired) electrons. The molecule has 5 heteroatoms. The molecule has 0 fully saturated rings. The molecule has 0 unspecified atom stereocenters. The molecule has 0 saturated heterocycles. The van der Waals surface area contributed by atoms with Gasteiger partial charge in [-0.2, -0.15) is 0 Å². The van der Waals surface area contributed by atoms with Crippen molar-refractivity contribution in [2.75, 3.05) is 11.1 Å². The molecule has 0 spiro atoms. The minimum Gasteiger partial charge on any atom is -0.384 e. The third-order valence-corrected chi connectivity index (χ3v) is 3.19. The monoisotopic (exact) mass is 234 g/mol. The molecule has 0 bridgehead atoms. The van der Waals surface area contributed by atoms with Gasteiger partial charge in [0, 0.05) is 22.8 Å². The van der Waals surface area contributed by atoms with Gasteiger partial charge in [-0.1, -0.05) is 6.92 Å². The third kappa shape index (κ3) is 2.30. The molecule has 4 nitrogen and oxygen atoms in total. The van der Waals surface area contributed by atoms with Gasteiger partial charge in [0.15, 0.2) is 5.13 Å². The number of rotatable bonds is 3. The number of anilines is 3. The lowest BCUT2D eigenvalue weighted by molar-refractivity contribution is 1.05. The van der Waals surface area contributed by atoms with E-state index in [0.29, 0.717) is 5.82 Å². The Hall–Kier alpha value is -1.62. The Balaban J connectivity index is 2.20. The fraction of sp³-hybridized carbons (Fsp3) is 0.273. The van der Waals surface area contributed by atoms with Gasteiger partial charge in [-0.15, -0.1) is 11.3 Å². The number of nitrogens with zero attached hydrogens (tertiary/aromatic N) is 2. The van der Waals surface area contributed by atoms with E-state index in [2.05, 4.69) is 29.1 Å². The van der Waals surface area contributed by atoms with Crippen LogP contribution >= 0.6 is 11.3 Å². The Morgan fingerprint density at radius 1 is 1.50 bits per heavy atom. The first-order valence-corrected chi connectivity index (χ1v) is 5.95. The van der Waals surface area contributed by atoms with Crippen LogP contribution in [0.2, 0.25) is 0 Å². The Kier molecular flexibility index (Phi) is 3.05. The van der Waals surface area contributed by atoms with Crippen LogP contribution in [-0.4, -0.2) is 9.97 Å². The summed E-state index contributed by atoms with van der Waals surface area (Å²) in [5, 5.41) is 4.13. The van der Waals surface area contributed by atoms with Crippen molar-refractivity contribution in [1.29, 1.82) is 0 Å². The van der Waals surface area contributed by atoms with Gasteiger partial charge in [0.1, 0.15) is 5.82 Å². The summed E-state index contributed by atoms with van der Waals surface area (Å²) in [6.07, 6.45) is 2.64. The Labute approximate surface area is 98.6 Å². The van der Waals surface area contributed by atoms with Crippen LogP contribution in [0.15, 0.2) is 18.3 Å². The SMILES string of the molecule is CCc1nc(Nc2ccnc(N)c2)sc1C. The highest BCUT2D eigenvalue weighted by molar-refractivity contribution is 7.15. The third-order valence-electron chi connectivity index (χ3n) is 2.26. The molecular weight excluding hydrogens is 220 g/mol. The van der Waals surface area contributed by atoms with Crippen molar-refractivity contribution in [3.8, 4) is 0 Å². The van der Waals surface area contributed by atoms with Gasteiger partial charge >= 0.3 is 0 Å². The maximum Gasteiger partial charge on any atom is 0.187 e. The van der Waals surface area contributed by atoms with Crippen LogP contribution in [0.4, 0.5) is 16.6 Å². The molecule has 2 heterocycles. The summed E-state index contributed by atoms with van der Waals surface area (Å²) in [4.78, 5) is 9.70. The number of thiazole rings is 1. The van der Waals surface area contributed by atoms with Crippen LogP contribution < -0.4 is 11.1 Å². The molecule has 0 aliphatic heterocycles. The first-order chi connectivity index (χ1) is 7.69. The lowest BCUT2D eigenvalue weighted by atomic mass is 10.3. The maximum atomic E-state index is 5.61. The predicted octanol–water partition coefficient (Wildman–Crippen LogP) is 2.73. The fourth-order valence-corrected chi connectivity index (χ4v) is 2.38. The van der Waals surface area contributed by atoms with E-state index >= 15 is 0 Å². The van der Waals surface area contributed by atoms with Crippen LogP contribution in [0, 0.1) is 6.92 Å². The van der Waals surface area contributed by atoms with Crippen molar-refractivity contribution >= 4 is 28.0 Å². The average molecular weight is 234 g/mol. The highest BCUT2D eigenvalue weighted by atomic mass is 32.1. The zero-order chi connectivity index (χ0) is 11.5. The normalized spacial score (nSPS) is 10.4. The van der Waals surface area contributed by atoms with Crippen molar-refractivity contribution in [1.82, 2.24) is 9.97 Å². The zero-order valence-corrected chi connectivity index (χ0v) is 10.1. The second-order valence-electron chi connectivity index (χ2n) is 3.47. The highest BCUT2D eigenvalue weighted by Crippen LogP contribution is 2.25. The largest absolute Gasteiger partial charge is 0.384 e. The fourth-order valence-electron chi connectivity index (χ4n) is 1.46. The highest BCUT2D eigenvalue weighted by Gasteiger charge is 2.05. The van der Waals surface area contributed by atoms with E-state index in [-0.39, 0.29) is 0 Å². The van der Waals surface area contributed by atoms with Crippen LogP contribution in [0.25, 0.3) is 0 Å². The first-order valence-electron chi connectivity index (χ1n) is 5.14. The maximum absolute atomic E-state index is 5.61. The van der Waals surface area contributed by atoms with Gasteiger partial charge < -0.3 is 11.1 Å². The van der Waals surface area contributed by atoms with Crippen molar-refractivity contribution < 1.29 is 0 Å². The van der Waals surface area contributed by atoms with Gasteiger partial charge in [0.2, 0.25) is 0 Å². The Morgan fingerprint density at radius 3 is 2.94 bits per heavy atom. The van der Waals surface area contributed by atoms with Gasteiger partial charge in [-0.05, 0) is 19.4 Å². The molecule has 0 aliphatic carbocycles. The minimum atomic E-state index is 0.508. The molecule has 0 aromatic carbocycles. The van der Waals surface area contributed by atoms with Gasteiger partial charge in [0.25, 0.3) is 0 Å². The Morgan fingerprint density at radius 2 is 2.31 bits per heavy atom. The molecule has 2 aromatic rings. The lowest BCUT2D eigenvalue weighted by Crippen LogP contribution is -1.94. The molecule has 2 aromatic heterocycles. The molecule has 3 N–H and O–H groups in total. The van der Waals surface area contributed by atoms with E-state index in [1.807, 2.05) is 6.07 Å². The number of pyridine rings is 1. The lowest BCUT2D eigenvalue weighted by Gasteiger charge is -2.01. The van der Waals surface area contributed by atoms with E-state index in [0.717, 1.165) is 22.9 Å². The first kappa shape index (κ1) is 10.9. The standard InChI is InChI=1S/C11H14N4S/c1-3-9-7(2)16-11(15-9)14-8-4-5-13-10(12)6-8/h4-6H,3H2,1-2H3,(H3,12,13,14,15). The number of nitrogen functional groups attached to an aromatic ring is 1. The summed E-state index contributed by atoms with van der Waals surface area (Å²) in [6.45, 7) is 4.19. The minimum absolute atomic E-state index is 0.508. The van der Waals surface area contributed by atoms with Crippen LogP contribution in [-0.2, 0) is 6.42 Å². The molecule has 16 heavy (non-hydrogen) atoms. The topological polar surface area (TPSA) is 63.8 Å². The van der Waals surface area contributed by atoms with Crippen molar-refractivity contribution in [2.24, 2.45) is 0 Å². The summed E-state index contributed by atoms with van der Waals surface area (Å²) in [5.41, 5.74) is 7.67. The van der Waals surface area contributed by atoms with Gasteiger partial charge in [-0.3, -0.25) is 0 Å². The summed E-state index contributed by atoms with van der Waals surface area (Å²) in [7, 11) is 0. The average Bonchev–Trinajstić information content (AvgIpc) is 2.58. The quantitative estimate of drug-likeness (QED) is 0.857. The van der Waals surface area contributed by atoms with Crippen molar-refractivity contribution in [3.05, 3.63) is 28.9 Å². The number of aromatic nitrogens is 2. The van der Waals surface area contributed by atoms with Crippen LogP contribution in [0.1, 0.15) is 17.5 Å². The van der Waals surface area contributed by atoms with Crippen LogP contribution in [0.3, 0.4) is 0 Å². The number of nitrogens with one attached hydrogen (secondary N) is 1. The predicted molar refractivity (Wildman–Crippen MR) is 68.2 cm³/mol. The summed E-state index contributed by atoms with van der Waals surface area (Å²) in [6, 6.07) is 3.67. The smallest absolute Gasteiger partial charge is 0.187 e. The number of hydrogen-bond acceptors (Lipinski definition) is 5. The summed E-state index contributed by atoms with van der Waals surface area (Å²) in [5.74, 6) is 0.508. The second-order valence-corrected chi connectivity index (χ2v) is 4.67. The molecule has 2 rings (SSSR count). The number of aryl methyl sites for hydroxylation is 2. The van der Waals surface area contributed by atoms with Gasteiger partial charge in [0.05, 0.1) is 5.69 Å². The van der Waals surface area contributed by atoms with Gasteiger partial charge in [-0.25, -0.2) is 9.97 Å². The molecule has 0 atom stereocenters. The van der Waals surface area contributed by atoms with E-state index in [9.17, 15) is 0 Å². The van der Waals surface area contributed by atoms with Crippen molar-refractivity contribution in [3.63, 3.8) is 0 Å². The second kappa shape index (κ2) is 4.49. The van der Waals surface area contributed by atoms with E-state index in [1.54, 1.807) is 23.6 Å². The molecule has 0 amide bonds. The molecule has 84 valence electrons. The Bertz CT molecular complexity index is 492.